The van der Waals surface area contributed by atoms with Crippen LogP contribution in [0.15, 0.2) is 18.2 Å². The second kappa shape index (κ2) is 5.27. The normalized spacial score (nSPS) is 14.7. The largest absolute Gasteiger partial charge is 0.454 e. The van der Waals surface area contributed by atoms with Gasteiger partial charge in [0.2, 0.25) is 6.79 Å². The van der Waals surface area contributed by atoms with E-state index in [1.165, 1.54) is 0 Å². The minimum Gasteiger partial charge on any atom is -0.454 e. The Labute approximate surface area is 106 Å². The van der Waals surface area contributed by atoms with Crippen molar-refractivity contribution >= 4 is 5.91 Å². The van der Waals surface area contributed by atoms with Gasteiger partial charge in [0.15, 0.2) is 11.5 Å². The van der Waals surface area contributed by atoms with Gasteiger partial charge in [0.1, 0.15) is 0 Å². The maximum atomic E-state index is 12.1. The fraction of sp³-hybridized carbons (Fsp3) is 0.462. The molecule has 1 atom stereocenters. The maximum Gasteiger partial charge on any atom is 0.251 e. The number of benzene rings is 1. The first-order chi connectivity index (χ1) is 8.61. The average molecular weight is 250 g/mol. The first-order valence-corrected chi connectivity index (χ1v) is 6.02. The van der Waals surface area contributed by atoms with Crippen LogP contribution in [0.2, 0.25) is 0 Å². The van der Waals surface area contributed by atoms with Crippen LogP contribution in [0.1, 0.15) is 24.2 Å². The summed E-state index contributed by atoms with van der Waals surface area (Å²) in [6, 6.07) is 5.12. The van der Waals surface area contributed by atoms with Crippen LogP contribution in [0.5, 0.6) is 11.5 Å². The smallest absolute Gasteiger partial charge is 0.251 e. The van der Waals surface area contributed by atoms with Gasteiger partial charge >= 0.3 is 0 Å². The van der Waals surface area contributed by atoms with E-state index in [-0.39, 0.29) is 18.7 Å². The molecule has 1 amide bonds. The zero-order valence-corrected chi connectivity index (χ0v) is 10.6. The van der Waals surface area contributed by atoms with Crippen molar-refractivity contribution in [3.05, 3.63) is 23.8 Å². The fourth-order valence-corrected chi connectivity index (χ4v) is 1.79. The van der Waals surface area contributed by atoms with Crippen molar-refractivity contribution in [2.24, 2.45) is 11.7 Å². The van der Waals surface area contributed by atoms with Crippen LogP contribution in [0.4, 0.5) is 0 Å². The lowest BCUT2D eigenvalue weighted by molar-refractivity contribution is 0.0927. The molecule has 3 N–H and O–H groups in total. The molecule has 1 aromatic carbocycles. The molecule has 1 aliphatic heterocycles. The molecule has 18 heavy (non-hydrogen) atoms. The van der Waals surface area contributed by atoms with Crippen molar-refractivity contribution in [2.75, 3.05) is 13.3 Å². The summed E-state index contributed by atoms with van der Waals surface area (Å²) < 4.78 is 10.4. The Kier molecular flexibility index (Phi) is 3.72. The lowest BCUT2D eigenvalue weighted by Crippen LogP contribution is -2.43. The SMILES string of the molecule is CC(C)C(CN)NC(=O)c1ccc2c(c1)OCO2. The van der Waals surface area contributed by atoms with Gasteiger partial charge in [0.05, 0.1) is 0 Å². The Balaban J connectivity index is 2.09. The highest BCUT2D eigenvalue weighted by atomic mass is 16.7. The molecule has 5 nitrogen and oxygen atoms in total. The van der Waals surface area contributed by atoms with Crippen molar-refractivity contribution < 1.29 is 14.3 Å². The van der Waals surface area contributed by atoms with E-state index in [0.29, 0.717) is 29.5 Å². The molecule has 98 valence electrons. The monoisotopic (exact) mass is 250 g/mol. The Bertz CT molecular complexity index is 446. The van der Waals surface area contributed by atoms with Gasteiger partial charge in [-0.3, -0.25) is 4.79 Å². The number of hydrogen-bond donors (Lipinski definition) is 2. The molecule has 1 aromatic rings. The van der Waals surface area contributed by atoms with Gasteiger partial charge in [-0.05, 0) is 24.1 Å². The number of ether oxygens (including phenoxy) is 2. The summed E-state index contributed by atoms with van der Waals surface area (Å²) in [4.78, 5) is 12.1. The van der Waals surface area contributed by atoms with Gasteiger partial charge in [-0.25, -0.2) is 0 Å². The van der Waals surface area contributed by atoms with Crippen LogP contribution >= 0.6 is 0 Å². The van der Waals surface area contributed by atoms with Crippen LogP contribution in [0.3, 0.4) is 0 Å². The lowest BCUT2D eigenvalue weighted by atomic mass is 10.0. The topological polar surface area (TPSA) is 73.6 Å². The van der Waals surface area contributed by atoms with Gasteiger partial charge in [-0.2, -0.15) is 0 Å². The number of hydrogen-bond acceptors (Lipinski definition) is 4. The Hall–Kier alpha value is -1.75. The molecule has 1 aliphatic rings. The summed E-state index contributed by atoms with van der Waals surface area (Å²) in [6.07, 6.45) is 0. The van der Waals surface area contributed by atoms with E-state index >= 15 is 0 Å². The van der Waals surface area contributed by atoms with Crippen LogP contribution in [-0.2, 0) is 0 Å². The molecule has 0 bridgehead atoms. The third-order valence-corrected chi connectivity index (χ3v) is 3.01. The highest BCUT2D eigenvalue weighted by molar-refractivity contribution is 5.95. The quantitative estimate of drug-likeness (QED) is 0.840. The van der Waals surface area contributed by atoms with Crippen molar-refractivity contribution in [3.8, 4) is 11.5 Å². The van der Waals surface area contributed by atoms with Crippen LogP contribution in [0.25, 0.3) is 0 Å². The zero-order chi connectivity index (χ0) is 13.1. The summed E-state index contributed by atoms with van der Waals surface area (Å²) in [7, 11) is 0. The molecule has 0 fully saturated rings. The van der Waals surface area contributed by atoms with Crippen molar-refractivity contribution in [1.29, 1.82) is 0 Å². The lowest BCUT2D eigenvalue weighted by Gasteiger charge is -2.20. The van der Waals surface area contributed by atoms with E-state index in [4.69, 9.17) is 15.2 Å². The number of rotatable bonds is 4. The average Bonchev–Trinajstić information content (AvgIpc) is 2.82. The fourth-order valence-electron chi connectivity index (χ4n) is 1.79. The van der Waals surface area contributed by atoms with E-state index in [1.807, 2.05) is 13.8 Å². The number of carbonyl (C=O) groups is 1. The number of fused-ring (bicyclic) bond motifs is 1. The number of nitrogens with two attached hydrogens (primary N) is 1. The summed E-state index contributed by atoms with van der Waals surface area (Å²) in [5.74, 6) is 1.44. The molecule has 0 saturated heterocycles. The molecule has 0 aromatic heterocycles. The molecule has 1 heterocycles. The van der Waals surface area contributed by atoms with Gasteiger partial charge in [-0.1, -0.05) is 13.8 Å². The second-order valence-electron chi connectivity index (χ2n) is 4.63. The molecule has 5 heteroatoms. The Morgan fingerprint density at radius 2 is 2.11 bits per heavy atom. The van der Waals surface area contributed by atoms with Crippen molar-refractivity contribution in [2.45, 2.75) is 19.9 Å². The number of amides is 1. The standard InChI is InChI=1S/C13H18N2O3/c1-8(2)10(6-14)15-13(16)9-3-4-11-12(5-9)18-7-17-11/h3-5,8,10H,6-7,14H2,1-2H3,(H,15,16). The minimum absolute atomic E-state index is 0.0251. The van der Waals surface area contributed by atoms with Gasteiger partial charge < -0.3 is 20.5 Å². The number of nitrogens with one attached hydrogen (secondary N) is 1. The molecule has 0 radical (unpaired) electrons. The zero-order valence-electron chi connectivity index (χ0n) is 10.6. The van der Waals surface area contributed by atoms with Gasteiger partial charge in [0, 0.05) is 18.2 Å². The first-order valence-electron chi connectivity index (χ1n) is 6.02. The Morgan fingerprint density at radius 3 is 2.78 bits per heavy atom. The van der Waals surface area contributed by atoms with Crippen molar-refractivity contribution in [1.82, 2.24) is 5.32 Å². The summed E-state index contributed by atoms with van der Waals surface area (Å²) in [5.41, 5.74) is 6.18. The van der Waals surface area contributed by atoms with Crippen LogP contribution in [-0.4, -0.2) is 25.3 Å². The Morgan fingerprint density at radius 1 is 1.39 bits per heavy atom. The van der Waals surface area contributed by atoms with E-state index in [0.717, 1.165) is 0 Å². The van der Waals surface area contributed by atoms with Crippen LogP contribution in [0, 0.1) is 5.92 Å². The molecule has 0 aliphatic carbocycles. The van der Waals surface area contributed by atoms with E-state index < -0.39 is 0 Å². The maximum absolute atomic E-state index is 12.1. The number of carbonyl (C=O) groups excluding carboxylic acids is 1. The predicted molar refractivity (Wildman–Crippen MR) is 67.7 cm³/mol. The molecule has 2 rings (SSSR count). The highest BCUT2D eigenvalue weighted by Crippen LogP contribution is 2.32. The van der Waals surface area contributed by atoms with E-state index in [1.54, 1.807) is 18.2 Å². The van der Waals surface area contributed by atoms with Crippen molar-refractivity contribution in [3.63, 3.8) is 0 Å². The molecule has 0 spiro atoms. The minimum atomic E-state index is -0.141. The third-order valence-electron chi connectivity index (χ3n) is 3.01. The second-order valence-corrected chi connectivity index (χ2v) is 4.63. The van der Waals surface area contributed by atoms with Gasteiger partial charge in [0.25, 0.3) is 5.91 Å². The summed E-state index contributed by atoms with van der Waals surface area (Å²) >= 11 is 0. The molecular formula is C13H18N2O3. The third kappa shape index (κ3) is 2.56. The molecule has 0 saturated carbocycles. The highest BCUT2D eigenvalue weighted by Gasteiger charge is 2.19. The summed E-state index contributed by atoms with van der Waals surface area (Å²) in [6.45, 7) is 4.68. The van der Waals surface area contributed by atoms with E-state index in [9.17, 15) is 4.79 Å². The molecule has 1 unspecified atom stereocenters. The summed E-state index contributed by atoms with van der Waals surface area (Å²) in [5, 5.41) is 2.91. The van der Waals surface area contributed by atoms with Crippen LogP contribution < -0.4 is 20.5 Å². The van der Waals surface area contributed by atoms with Gasteiger partial charge in [-0.15, -0.1) is 0 Å². The van der Waals surface area contributed by atoms with E-state index in [2.05, 4.69) is 5.32 Å². The first kappa shape index (κ1) is 12.7. The predicted octanol–water partition coefficient (Wildman–Crippen LogP) is 1.13. The molecular weight excluding hydrogens is 232 g/mol.